The molecule has 0 heterocycles. The van der Waals surface area contributed by atoms with E-state index in [1.807, 2.05) is 31.2 Å². The molecule has 0 saturated heterocycles. The Morgan fingerprint density at radius 2 is 1.94 bits per heavy atom. The highest BCUT2D eigenvalue weighted by Gasteiger charge is 2.28. The van der Waals surface area contributed by atoms with E-state index < -0.39 is 0 Å². The third kappa shape index (κ3) is 2.06. The summed E-state index contributed by atoms with van der Waals surface area (Å²) < 4.78 is 0. The number of allylic oxidation sites excluding steroid dienone is 2. The normalized spacial score (nSPS) is 25.0. The highest BCUT2D eigenvalue weighted by molar-refractivity contribution is 6.30. The molecule has 1 aliphatic rings. The number of aryl methyl sites for hydroxylation is 1. The lowest BCUT2D eigenvalue weighted by molar-refractivity contribution is 0.603. The molecule has 1 aromatic carbocycles. The van der Waals surface area contributed by atoms with Crippen LogP contribution in [0.3, 0.4) is 0 Å². The van der Waals surface area contributed by atoms with Crippen molar-refractivity contribution in [2.75, 3.05) is 0 Å². The molecule has 0 amide bonds. The lowest BCUT2D eigenvalue weighted by Gasteiger charge is -2.31. The second-order valence-corrected chi connectivity index (χ2v) is 5.09. The summed E-state index contributed by atoms with van der Waals surface area (Å²) in [4.78, 5) is 0. The molecule has 0 spiro atoms. The number of nitrogens with two attached hydrogens (primary N) is 1. The molecule has 0 bridgehead atoms. The molecule has 0 radical (unpaired) electrons. The molecular weight excluding hydrogens is 218 g/mol. The Kier molecular flexibility index (Phi) is 2.92. The van der Waals surface area contributed by atoms with Crippen LogP contribution in [0.5, 0.6) is 0 Å². The average Bonchev–Trinajstić information content (AvgIpc) is 2.18. The lowest BCUT2D eigenvalue weighted by atomic mass is 9.80. The maximum absolute atomic E-state index is 6.32. The van der Waals surface area contributed by atoms with Gasteiger partial charge in [-0.1, -0.05) is 41.9 Å². The Morgan fingerprint density at radius 3 is 2.56 bits per heavy atom. The summed E-state index contributed by atoms with van der Waals surface area (Å²) in [5, 5.41) is 0.822. The van der Waals surface area contributed by atoms with Crippen LogP contribution in [0.4, 0.5) is 0 Å². The minimum absolute atomic E-state index is 0.377. The van der Waals surface area contributed by atoms with E-state index in [4.69, 9.17) is 17.3 Å². The van der Waals surface area contributed by atoms with Gasteiger partial charge >= 0.3 is 0 Å². The zero-order valence-electron chi connectivity index (χ0n) is 9.63. The third-order valence-corrected chi connectivity index (χ3v) is 3.28. The van der Waals surface area contributed by atoms with E-state index in [1.54, 1.807) is 0 Å². The van der Waals surface area contributed by atoms with Crippen LogP contribution in [-0.2, 0) is 0 Å². The zero-order valence-corrected chi connectivity index (χ0v) is 10.4. The molecule has 16 heavy (non-hydrogen) atoms. The van der Waals surface area contributed by atoms with Gasteiger partial charge in [-0.2, -0.15) is 0 Å². The molecule has 1 nitrogen and oxygen atoms in total. The molecule has 2 heteroatoms. The van der Waals surface area contributed by atoms with Crippen molar-refractivity contribution < 1.29 is 0 Å². The minimum atomic E-state index is -0.377. The van der Waals surface area contributed by atoms with Crippen molar-refractivity contribution in [3.8, 4) is 0 Å². The lowest BCUT2D eigenvalue weighted by Crippen LogP contribution is -2.38. The first-order valence-corrected chi connectivity index (χ1v) is 5.80. The summed E-state index contributed by atoms with van der Waals surface area (Å²) in [7, 11) is 0. The fraction of sp³-hybridized carbons (Fsp3) is 0.286. The van der Waals surface area contributed by atoms with Gasteiger partial charge in [-0.3, -0.25) is 0 Å². The van der Waals surface area contributed by atoms with Crippen molar-refractivity contribution in [3.05, 3.63) is 52.6 Å². The standard InChI is InChI=1S/C14H16ClN/c1-10-5-3-4-6-12(10)13-8-7-11(15)9-14(13,2)16/h3-8H,9,16H2,1-2H3. The SMILES string of the molecule is Cc1ccccc1C1=CC=C(Cl)CC1(C)N. The van der Waals surface area contributed by atoms with E-state index in [1.165, 1.54) is 11.1 Å². The third-order valence-electron chi connectivity index (χ3n) is 3.02. The van der Waals surface area contributed by atoms with E-state index in [0.717, 1.165) is 10.6 Å². The number of hydrogen-bond donors (Lipinski definition) is 1. The highest BCUT2D eigenvalue weighted by Crippen LogP contribution is 2.36. The molecule has 0 fully saturated rings. The molecule has 1 unspecified atom stereocenters. The van der Waals surface area contributed by atoms with Gasteiger partial charge in [-0.05, 0) is 36.6 Å². The summed E-state index contributed by atoms with van der Waals surface area (Å²) in [5.41, 5.74) is 9.57. The number of halogens is 1. The Hall–Kier alpha value is -1.05. The Balaban J connectivity index is 2.52. The van der Waals surface area contributed by atoms with E-state index in [-0.39, 0.29) is 5.54 Å². The van der Waals surface area contributed by atoms with Crippen LogP contribution in [0.1, 0.15) is 24.5 Å². The zero-order chi connectivity index (χ0) is 11.8. The molecule has 1 aliphatic carbocycles. The van der Waals surface area contributed by atoms with Crippen LogP contribution in [0.2, 0.25) is 0 Å². The summed E-state index contributed by atoms with van der Waals surface area (Å²) in [5.74, 6) is 0. The molecule has 1 aromatic rings. The van der Waals surface area contributed by atoms with Crippen LogP contribution < -0.4 is 5.73 Å². The fourth-order valence-electron chi connectivity index (χ4n) is 2.14. The van der Waals surface area contributed by atoms with Gasteiger partial charge in [0.15, 0.2) is 0 Å². The van der Waals surface area contributed by atoms with Gasteiger partial charge in [0.2, 0.25) is 0 Å². The quantitative estimate of drug-likeness (QED) is 0.788. The second kappa shape index (κ2) is 4.08. The van der Waals surface area contributed by atoms with E-state index >= 15 is 0 Å². The first-order valence-electron chi connectivity index (χ1n) is 5.42. The monoisotopic (exact) mass is 233 g/mol. The summed E-state index contributed by atoms with van der Waals surface area (Å²) in [6.07, 6.45) is 4.68. The van der Waals surface area contributed by atoms with Gasteiger partial charge in [0.05, 0.1) is 0 Å². The summed E-state index contributed by atoms with van der Waals surface area (Å²) >= 11 is 6.03. The molecule has 2 N–H and O–H groups in total. The van der Waals surface area contributed by atoms with Crippen LogP contribution in [0.25, 0.3) is 5.57 Å². The van der Waals surface area contributed by atoms with Gasteiger partial charge in [0.25, 0.3) is 0 Å². The minimum Gasteiger partial charge on any atom is -0.321 e. The van der Waals surface area contributed by atoms with Gasteiger partial charge < -0.3 is 5.73 Å². The van der Waals surface area contributed by atoms with Gasteiger partial charge in [0, 0.05) is 17.0 Å². The van der Waals surface area contributed by atoms with Gasteiger partial charge in [-0.25, -0.2) is 0 Å². The first-order chi connectivity index (χ1) is 7.50. The van der Waals surface area contributed by atoms with Crippen molar-refractivity contribution in [2.45, 2.75) is 25.8 Å². The maximum atomic E-state index is 6.32. The van der Waals surface area contributed by atoms with E-state index in [2.05, 4.69) is 19.1 Å². The summed E-state index contributed by atoms with van der Waals surface area (Å²) in [6, 6.07) is 8.30. The van der Waals surface area contributed by atoms with Crippen LogP contribution >= 0.6 is 11.6 Å². The van der Waals surface area contributed by atoms with Gasteiger partial charge in [0.1, 0.15) is 0 Å². The fourth-order valence-corrected chi connectivity index (χ4v) is 2.48. The predicted molar refractivity (Wildman–Crippen MR) is 70.3 cm³/mol. The maximum Gasteiger partial charge on any atom is 0.0436 e. The second-order valence-electron chi connectivity index (χ2n) is 4.60. The molecule has 2 rings (SSSR count). The summed E-state index contributed by atoms with van der Waals surface area (Å²) in [6.45, 7) is 4.13. The molecule has 0 aliphatic heterocycles. The van der Waals surface area contributed by atoms with Crippen LogP contribution in [0, 0.1) is 6.92 Å². The molecule has 84 valence electrons. The van der Waals surface area contributed by atoms with Crippen molar-refractivity contribution in [1.82, 2.24) is 0 Å². The molecule has 0 saturated carbocycles. The van der Waals surface area contributed by atoms with Crippen LogP contribution in [0.15, 0.2) is 41.4 Å². The van der Waals surface area contributed by atoms with Gasteiger partial charge in [-0.15, -0.1) is 0 Å². The van der Waals surface area contributed by atoms with Crippen molar-refractivity contribution >= 4 is 17.2 Å². The topological polar surface area (TPSA) is 26.0 Å². The molecule has 0 aromatic heterocycles. The Morgan fingerprint density at radius 1 is 1.25 bits per heavy atom. The van der Waals surface area contributed by atoms with E-state index in [9.17, 15) is 0 Å². The number of rotatable bonds is 1. The van der Waals surface area contributed by atoms with Crippen molar-refractivity contribution in [3.63, 3.8) is 0 Å². The smallest absolute Gasteiger partial charge is 0.0436 e. The van der Waals surface area contributed by atoms with Crippen molar-refractivity contribution in [1.29, 1.82) is 0 Å². The number of benzene rings is 1. The first kappa shape index (κ1) is 11.4. The molecular formula is C14H16ClN. The Bertz CT molecular complexity index is 469. The van der Waals surface area contributed by atoms with Crippen LogP contribution in [-0.4, -0.2) is 5.54 Å². The number of hydrogen-bond acceptors (Lipinski definition) is 1. The van der Waals surface area contributed by atoms with E-state index in [0.29, 0.717) is 6.42 Å². The Labute approximate surface area is 102 Å². The predicted octanol–water partition coefficient (Wildman–Crippen LogP) is 3.62. The average molecular weight is 234 g/mol. The van der Waals surface area contributed by atoms with Crippen molar-refractivity contribution in [2.24, 2.45) is 5.73 Å². The highest BCUT2D eigenvalue weighted by atomic mass is 35.5. The largest absolute Gasteiger partial charge is 0.321 e. The molecule has 1 atom stereocenters.